The zero-order chi connectivity index (χ0) is 21.7. The van der Waals surface area contributed by atoms with Crippen LogP contribution in [-0.4, -0.2) is 44.2 Å². The van der Waals surface area contributed by atoms with E-state index in [9.17, 15) is 18.4 Å². The Balaban J connectivity index is 1.78. The number of pyridine rings is 1. The lowest BCUT2D eigenvalue weighted by atomic mass is 9.99. The summed E-state index contributed by atoms with van der Waals surface area (Å²) < 4.78 is 28.3. The Kier molecular flexibility index (Phi) is 6.63. The number of carboxylic acid groups (broad SMARTS) is 1. The summed E-state index contributed by atoms with van der Waals surface area (Å²) >= 11 is 0. The first-order valence-electron chi connectivity index (χ1n) is 9.18. The molecule has 1 atom stereocenters. The van der Waals surface area contributed by atoms with Crippen LogP contribution >= 0.6 is 0 Å². The molecule has 0 saturated heterocycles. The quantitative estimate of drug-likeness (QED) is 0.557. The van der Waals surface area contributed by atoms with Gasteiger partial charge in [0.2, 0.25) is 0 Å². The predicted molar refractivity (Wildman–Crippen MR) is 105 cm³/mol. The summed E-state index contributed by atoms with van der Waals surface area (Å²) in [6.07, 6.45) is 3.30. The smallest absolute Gasteiger partial charge is 0.317 e. The third-order valence-corrected chi connectivity index (χ3v) is 4.62. The number of nitrogens with zero attached hydrogens (tertiary/aromatic N) is 3. The maximum Gasteiger partial charge on any atom is 0.317 e. The van der Waals surface area contributed by atoms with Gasteiger partial charge in [0.25, 0.3) is 0 Å². The molecule has 0 bridgehead atoms. The van der Waals surface area contributed by atoms with Crippen LogP contribution in [0.15, 0.2) is 48.8 Å². The second-order valence-corrected chi connectivity index (χ2v) is 6.80. The van der Waals surface area contributed by atoms with Crippen LogP contribution in [0.1, 0.15) is 11.3 Å². The summed E-state index contributed by atoms with van der Waals surface area (Å²) in [5, 5.41) is 16.0. The van der Waals surface area contributed by atoms with Crippen molar-refractivity contribution in [1.82, 2.24) is 20.1 Å². The highest BCUT2D eigenvalue weighted by Gasteiger charge is 2.22. The van der Waals surface area contributed by atoms with Crippen LogP contribution in [0.3, 0.4) is 0 Å². The number of Topliss-reactive ketones (excluding diaryl/α,β-unsaturated/α-hetero) is 1. The van der Waals surface area contributed by atoms with Crippen LogP contribution in [0.4, 0.5) is 8.78 Å². The number of carboxylic acids is 1. The van der Waals surface area contributed by atoms with Gasteiger partial charge in [0.05, 0.1) is 24.7 Å². The SMILES string of the molecule is Cn1nc(-c2ccncc2)cc1CC(=O)[C@H](Cc1ccc(F)c(F)c1)NCC(=O)O. The zero-order valence-corrected chi connectivity index (χ0v) is 16.2. The van der Waals surface area contributed by atoms with Crippen molar-refractivity contribution in [3.8, 4) is 11.3 Å². The van der Waals surface area contributed by atoms with Gasteiger partial charge < -0.3 is 5.11 Å². The molecule has 7 nitrogen and oxygen atoms in total. The lowest BCUT2D eigenvalue weighted by Gasteiger charge is -2.17. The fourth-order valence-corrected chi connectivity index (χ4v) is 3.05. The number of hydrogen-bond donors (Lipinski definition) is 2. The zero-order valence-electron chi connectivity index (χ0n) is 16.2. The Morgan fingerprint density at radius 1 is 1.13 bits per heavy atom. The summed E-state index contributed by atoms with van der Waals surface area (Å²) in [5.74, 6) is -3.42. The Bertz CT molecular complexity index is 1050. The van der Waals surface area contributed by atoms with Gasteiger partial charge in [-0.2, -0.15) is 5.10 Å². The van der Waals surface area contributed by atoms with Crippen LogP contribution in [0, 0.1) is 11.6 Å². The van der Waals surface area contributed by atoms with Crippen molar-refractivity contribution < 1.29 is 23.5 Å². The number of aryl methyl sites for hydroxylation is 1. The average molecular weight is 414 g/mol. The van der Waals surface area contributed by atoms with Crippen molar-refractivity contribution in [2.24, 2.45) is 7.05 Å². The van der Waals surface area contributed by atoms with E-state index >= 15 is 0 Å². The number of hydrogen-bond acceptors (Lipinski definition) is 5. The molecule has 0 saturated carbocycles. The van der Waals surface area contributed by atoms with E-state index in [4.69, 9.17) is 5.11 Å². The number of aromatic nitrogens is 3. The molecule has 1 aromatic carbocycles. The molecule has 0 aliphatic carbocycles. The maximum atomic E-state index is 13.5. The van der Waals surface area contributed by atoms with E-state index in [1.807, 2.05) is 0 Å². The second-order valence-electron chi connectivity index (χ2n) is 6.80. The van der Waals surface area contributed by atoms with Gasteiger partial charge in [-0.15, -0.1) is 0 Å². The molecule has 2 heterocycles. The topological polar surface area (TPSA) is 97.1 Å². The molecule has 0 fully saturated rings. The van der Waals surface area contributed by atoms with Gasteiger partial charge in [0, 0.05) is 30.7 Å². The molecular formula is C21H20F2N4O3. The molecule has 0 spiro atoms. The van der Waals surface area contributed by atoms with Gasteiger partial charge in [0.15, 0.2) is 17.4 Å². The van der Waals surface area contributed by atoms with E-state index in [0.29, 0.717) is 17.0 Å². The number of rotatable bonds is 9. The number of ketones is 1. The molecule has 30 heavy (non-hydrogen) atoms. The van der Waals surface area contributed by atoms with Crippen LogP contribution < -0.4 is 5.32 Å². The fraction of sp³-hybridized carbons (Fsp3) is 0.238. The van der Waals surface area contributed by atoms with Crippen LogP contribution in [0.5, 0.6) is 0 Å². The van der Waals surface area contributed by atoms with Crippen molar-refractivity contribution >= 4 is 11.8 Å². The summed E-state index contributed by atoms with van der Waals surface area (Å²) in [5.41, 5.74) is 2.55. The average Bonchev–Trinajstić information content (AvgIpc) is 3.08. The number of aliphatic carboxylic acids is 1. The molecule has 9 heteroatoms. The van der Waals surface area contributed by atoms with Crippen LogP contribution in [0.25, 0.3) is 11.3 Å². The third-order valence-electron chi connectivity index (χ3n) is 4.62. The molecular weight excluding hydrogens is 394 g/mol. The molecule has 3 aromatic rings. The van der Waals surface area contributed by atoms with Crippen molar-refractivity contribution in [3.05, 3.63) is 71.7 Å². The number of carbonyl (C=O) groups excluding carboxylic acids is 1. The molecule has 0 amide bonds. The molecule has 2 aromatic heterocycles. The minimum Gasteiger partial charge on any atom is -0.480 e. The number of halogens is 2. The van der Waals surface area contributed by atoms with Crippen molar-refractivity contribution in [1.29, 1.82) is 0 Å². The first kappa shape index (κ1) is 21.3. The first-order valence-corrected chi connectivity index (χ1v) is 9.18. The minimum atomic E-state index is -1.13. The lowest BCUT2D eigenvalue weighted by Crippen LogP contribution is -2.42. The minimum absolute atomic E-state index is 0.00442. The third kappa shape index (κ3) is 5.32. The van der Waals surface area contributed by atoms with Crippen LogP contribution in [-0.2, 0) is 29.5 Å². The molecule has 0 unspecified atom stereocenters. The van der Waals surface area contributed by atoms with Gasteiger partial charge in [0.1, 0.15) is 0 Å². The molecule has 156 valence electrons. The monoisotopic (exact) mass is 414 g/mol. The predicted octanol–water partition coefficient (Wildman–Crippen LogP) is 2.16. The lowest BCUT2D eigenvalue weighted by molar-refractivity contribution is -0.136. The van der Waals surface area contributed by atoms with E-state index in [2.05, 4.69) is 15.4 Å². The molecule has 0 aliphatic heterocycles. The van der Waals surface area contributed by atoms with Gasteiger partial charge in [-0.1, -0.05) is 6.07 Å². The number of carbonyl (C=O) groups is 2. The maximum absolute atomic E-state index is 13.5. The van der Waals surface area contributed by atoms with Gasteiger partial charge in [-0.25, -0.2) is 8.78 Å². The van der Waals surface area contributed by atoms with E-state index in [1.165, 1.54) is 6.07 Å². The van der Waals surface area contributed by atoms with Crippen molar-refractivity contribution in [3.63, 3.8) is 0 Å². The Morgan fingerprint density at radius 2 is 1.87 bits per heavy atom. The fourth-order valence-electron chi connectivity index (χ4n) is 3.05. The standard InChI is InChI=1S/C21H20F2N4O3/c1-27-15(10-18(26-27)14-4-6-24-7-5-14)11-20(28)19(25-12-21(29)30)9-13-2-3-16(22)17(23)8-13/h2-8,10,19,25H,9,11-12H2,1H3,(H,29,30)/t19-/m0/s1. The summed E-state index contributed by atoms with van der Waals surface area (Å²) in [6.45, 7) is -0.437. The Morgan fingerprint density at radius 3 is 2.53 bits per heavy atom. The molecule has 3 rings (SSSR count). The van der Waals surface area contributed by atoms with E-state index in [0.717, 1.165) is 17.7 Å². The Hall–Kier alpha value is -3.46. The molecule has 2 N–H and O–H groups in total. The summed E-state index contributed by atoms with van der Waals surface area (Å²) in [6, 6.07) is 7.84. The first-order chi connectivity index (χ1) is 14.3. The van der Waals surface area contributed by atoms with Crippen LogP contribution in [0.2, 0.25) is 0 Å². The van der Waals surface area contributed by atoms with E-state index < -0.39 is 30.2 Å². The van der Waals surface area contributed by atoms with Gasteiger partial charge in [-0.05, 0) is 42.3 Å². The van der Waals surface area contributed by atoms with Crippen molar-refractivity contribution in [2.75, 3.05) is 6.54 Å². The normalized spacial score (nSPS) is 12.0. The molecule has 0 radical (unpaired) electrons. The van der Waals surface area contributed by atoms with Gasteiger partial charge in [-0.3, -0.25) is 24.6 Å². The number of nitrogens with one attached hydrogen (secondary N) is 1. The highest BCUT2D eigenvalue weighted by atomic mass is 19.2. The van der Waals surface area contributed by atoms with E-state index in [1.54, 1.807) is 42.3 Å². The highest BCUT2D eigenvalue weighted by Crippen LogP contribution is 2.19. The Labute approximate surface area is 171 Å². The summed E-state index contributed by atoms with van der Waals surface area (Å²) in [4.78, 5) is 27.8. The summed E-state index contributed by atoms with van der Waals surface area (Å²) in [7, 11) is 1.71. The van der Waals surface area contributed by atoms with E-state index in [-0.39, 0.29) is 18.6 Å². The second kappa shape index (κ2) is 9.36. The number of benzene rings is 1. The highest BCUT2D eigenvalue weighted by molar-refractivity contribution is 5.87. The largest absolute Gasteiger partial charge is 0.480 e. The van der Waals surface area contributed by atoms with Crippen molar-refractivity contribution in [2.45, 2.75) is 18.9 Å². The molecule has 0 aliphatic rings. The van der Waals surface area contributed by atoms with Gasteiger partial charge >= 0.3 is 5.97 Å².